The Morgan fingerprint density at radius 1 is 1.47 bits per heavy atom. The topological polar surface area (TPSA) is 55.1 Å². The Morgan fingerprint density at radius 2 is 2.07 bits per heavy atom. The molecule has 1 amide bonds. The first-order chi connectivity index (χ1) is 7.08. The van der Waals surface area contributed by atoms with Gasteiger partial charge < -0.3 is 11.1 Å². The Labute approximate surface area is 104 Å². The van der Waals surface area contributed by atoms with Crippen molar-refractivity contribution in [3.05, 3.63) is 27.8 Å². The van der Waals surface area contributed by atoms with Crippen LogP contribution in [0.5, 0.6) is 0 Å². The molecule has 0 aromatic heterocycles. The SMILES string of the molecule is CC(N)CCC(=O)Nc1ccc(I)cc1. The third-order valence-corrected chi connectivity index (χ3v) is 2.67. The number of carbonyl (C=O) groups excluding carboxylic acids is 1. The van der Waals surface area contributed by atoms with Crippen molar-refractivity contribution in [2.45, 2.75) is 25.8 Å². The smallest absolute Gasteiger partial charge is 0.224 e. The average molecular weight is 318 g/mol. The minimum atomic E-state index is 0.0218. The van der Waals surface area contributed by atoms with E-state index in [2.05, 4.69) is 27.9 Å². The maximum Gasteiger partial charge on any atom is 0.224 e. The van der Waals surface area contributed by atoms with Crippen molar-refractivity contribution in [1.29, 1.82) is 0 Å². The average Bonchev–Trinajstić information content (AvgIpc) is 2.19. The van der Waals surface area contributed by atoms with Crippen LogP contribution in [0.3, 0.4) is 0 Å². The summed E-state index contributed by atoms with van der Waals surface area (Å²) in [7, 11) is 0. The Bertz CT molecular complexity index is 322. The Balaban J connectivity index is 2.41. The van der Waals surface area contributed by atoms with Crippen molar-refractivity contribution >= 4 is 34.2 Å². The van der Waals surface area contributed by atoms with Crippen molar-refractivity contribution in [3.8, 4) is 0 Å². The highest BCUT2D eigenvalue weighted by molar-refractivity contribution is 14.1. The fourth-order valence-electron chi connectivity index (χ4n) is 1.12. The molecule has 1 aromatic carbocycles. The molecule has 0 bridgehead atoms. The number of hydrogen-bond donors (Lipinski definition) is 2. The molecule has 0 heterocycles. The molecule has 15 heavy (non-hydrogen) atoms. The molecule has 0 aliphatic rings. The highest BCUT2D eigenvalue weighted by atomic mass is 127. The first-order valence-corrected chi connectivity index (χ1v) is 5.97. The molecule has 1 aromatic rings. The molecule has 0 radical (unpaired) electrons. The number of carbonyl (C=O) groups is 1. The summed E-state index contributed by atoms with van der Waals surface area (Å²) in [5.41, 5.74) is 6.41. The Kier molecular flexibility index (Phi) is 5.04. The largest absolute Gasteiger partial charge is 0.328 e. The molecule has 82 valence electrons. The van der Waals surface area contributed by atoms with Crippen LogP contribution in [0, 0.1) is 3.57 Å². The minimum Gasteiger partial charge on any atom is -0.328 e. The van der Waals surface area contributed by atoms with Crippen LogP contribution in [-0.4, -0.2) is 11.9 Å². The van der Waals surface area contributed by atoms with Crippen molar-refractivity contribution < 1.29 is 4.79 Å². The summed E-state index contributed by atoms with van der Waals surface area (Å²) < 4.78 is 1.15. The molecule has 3 N–H and O–H groups in total. The van der Waals surface area contributed by atoms with Gasteiger partial charge in [0.05, 0.1) is 0 Å². The lowest BCUT2D eigenvalue weighted by Gasteiger charge is -2.06. The molecule has 0 saturated carbocycles. The molecule has 0 fully saturated rings. The highest BCUT2D eigenvalue weighted by Gasteiger charge is 2.03. The van der Waals surface area contributed by atoms with E-state index in [0.29, 0.717) is 6.42 Å². The molecular weight excluding hydrogens is 303 g/mol. The second kappa shape index (κ2) is 6.07. The van der Waals surface area contributed by atoms with E-state index in [4.69, 9.17) is 5.73 Å². The Morgan fingerprint density at radius 3 is 2.60 bits per heavy atom. The molecule has 0 saturated heterocycles. The van der Waals surface area contributed by atoms with Gasteiger partial charge >= 0.3 is 0 Å². The van der Waals surface area contributed by atoms with Crippen molar-refractivity contribution in [1.82, 2.24) is 0 Å². The van der Waals surface area contributed by atoms with Crippen LogP contribution >= 0.6 is 22.6 Å². The second-order valence-electron chi connectivity index (χ2n) is 3.57. The summed E-state index contributed by atoms with van der Waals surface area (Å²) in [6.07, 6.45) is 1.19. The van der Waals surface area contributed by atoms with Crippen LogP contribution in [0.4, 0.5) is 5.69 Å². The lowest BCUT2D eigenvalue weighted by molar-refractivity contribution is -0.116. The maximum absolute atomic E-state index is 11.4. The van der Waals surface area contributed by atoms with Gasteiger partial charge in [-0.25, -0.2) is 0 Å². The van der Waals surface area contributed by atoms with Crippen molar-refractivity contribution in [2.24, 2.45) is 5.73 Å². The lowest BCUT2D eigenvalue weighted by atomic mass is 10.2. The predicted molar refractivity (Wildman–Crippen MR) is 70.7 cm³/mol. The van der Waals surface area contributed by atoms with Crippen LogP contribution in [-0.2, 0) is 4.79 Å². The van der Waals surface area contributed by atoms with E-state index in [1.807, 2.05) is 31.2 Å². The fraction of sp³-hybridized carbons (Fsp3) is 0.364. The van der Waals surface area contributed by atoms with Gasteiger partial charge in [0.2, 0.25) is 5.91 Å². The van der Waals surface area contributed by atoms with Gasteiger partial charge in [0.25, 0.3) is 0 Å². The molecule has 1 rings (SSSR count). The summed E-state index contributed by atoms with van der Waals surface area (Å²) in [5.74, 6) is 0.0218. The monoisotopic (exact) mass is 318 g/mol. The van der Waals surface area contributed by atoms with Crippen molar-refractivity contribution in [3.63, 3.8) is 0 Å². The van der Waals surface area contributed by atoms with Crippen LogP contribution in [0.15, 0.2) is 24.3 Å². The van der Waals surface area contributed by atoms with Gasteiger partial charge in [-0.3, -0.25) is 4.79 Å². The number of hydrogen-bond acceptors (Lipinski definition) is 2. The van der Waals surface area contributed by atoms with Gasteiger partial charge in [0, 0.05) is 21.7 Å². The van der Waals surface area contributed by atoms with E-state index >= 15 is 0 Å². The van der Waals surface area contributed by atoms with E-state index in [0.717, 1.165) is 15.7 Å². The molecule has 4 heteroatoms. The number of rotatable bonds is 4. The van der Waals surface area contributed by atoms with Gasteiger partial charge in [-0.1, -0.05) is 0 Å². The number of nitrogens with one attached hydrogen (secondary N) is 1. The zero-order valence-electron chi connectivity index (χ0n) is 8.66. The third-order valence-electron chi connectivity index (χ3n) is 1.95. The van der Waals surface area contributed by atoms with E-state index in [1.165, 1.54) is 0 Å². The molecular formula is C11H15IN2O. The fourth-order valence-corrected chi connectivity index (χ4v) is 1.48. The zero-order chi connectivity index (χ0) is 11.3. The first kappa shape index (κ1) is 12.4. The standard InChI is InChI=1S/C11H15IN2O/c1-8(13)2-7-11(15)14-10-5-3-9(12)4-6-10/h3-6,8H,2,7,13H2,1H3,(H,14,15). The number of benzene rings is 1. The van der Waals surface area contributed by atoms with E-state index in [1.54, 1.807) is 0 Å². The summed E-state index contributed by atoms with van der Waals surface area (Å²) in [6.45, 7) is 1.90. The summed E-state index contributed by atoms with van der Waals surface area (Å²) >= 11 is 2.23. The maximum atomic E-state index is 11.4. The summed E-state index contributed by atoms with van der Waals surface area (Å²) in [6, 6.07) is 7.79. The molecule has 3 nitrogen and oxygen atoms in total. The van der Waals surface area contributed by atoms with Gasteiger partial charge in [0.1, 0.15) is 0 Å². The quantitative estimate of drug-likeness (QED) is 0.838. The van der Waals surface area contributed by atoms with E-state index in [9.17, 15) is 4.79 Å². The predicted octanol–water partition coefficient (Wildman–Crippen LogP) is 2.36. The zero-order valence-corrected chi connectivity index (χ0v) is 10.8. The van der Waals surface area contributed by atoms with Gasteiger partial charge in [-0.15, -0.1) is 0 Å². The van der Waals surface area contributed by atoms with Crippen LogP contribution in [0.25, 0.3) is 0 Å². The van der Waals surface area contributed by atoms with Crippen molar-refractivity contribution in [2.75, 3.05) is 5.32 Å². The molecule has 0 aliphatic carbocycles. The molecule has 1 unspecified atom stereocenters. The van der Waals surface area contributed by atoms with Gasteiger partial charge in [-0.2, -0.15) is 0 Å². The van der Waals surface area contributed by atoms with Crippen LogP contribution in [0.2, 0.25) is 0 Å². The highest BCUT2D eigenvalue weighted by Crippen LogP contribution is 2.11. The van der Waals surface area contributed by atoms with Gasteiger partial charge in [-0.05, 0) is 60.2 Å². The first-order valence-electron chi connectivity index (χ1n) is 4.89. The number of amides is 1. The lowest BCUT2D eigenvalue weighted by Crippen LogP contribution is -2.19. The van der Waals surface area contributed by atoms with Gasteiger partial charge in [0.15, 0.2) is 0 Å². The minimum absolute atomic E-state index is 0.0218. The second-order valence-corrected chi connectivity index (χ2v) is 4.82. The van der Waals surface area contributed by atoms with Crippen LogP contribution < -0.4 is 11.1 Å². The molecule has 1 atom stereocenters. The number of nitrogens with two attached hydrogens (primary N) is 1. The summed E-state index contributed by atoms with van der Waals surface area (Å²) in [4.78, 5) is 11.4. The van der Waals surface area contributed by atoms with E-state index < -0.39 is 0 Å². The summed E-state index contributed by atoms with van der Waals surface area (Å²) in [5, 5.41) is 2.83. The van der Waals surface area contributed by atoms with E-state index in [-0.39, 0.29) is 11.9 Å². The number of halogens is 1. The third kappa shape index (κ3) is 5.13. The molecule has 0 spiro atoms. The normalized spacial score (nSPS) is 12.2. The number of anilines is 1. The Hall–Kier alpha value is -0.620. The van der Waals surface area contributed by atoms with Crippen LogP contribution in [0.1, 0.15) is 19.8 Å². The molecule has 0 aliphatic heterocycles.